The van der Waals surface area contributed by atoms with E-state index in [1.807, 2.05) is 23.6 Å². The van der Waals surface area contributed by atoms with Crippen molar-refractivity contribution < 1.29 is 19.8 Å². The van der Waals surface area contributed by atoms with Crippen LogP contribution in [-0.4, -0.2) is 55.7 Å². The summed E-state index contributed by atoms with van der Waals surface area (Å²) in [5, 5.41) is 22.6. The van der Waals surface area contributed by atoms with Gasteiger partial charge in [-0.2, -0.15) is 0 Å². The van der Waals surface area contributed by atoms with Gasteiger partial charge in [-0.1, -0.05) is 31.4 Å². The maximum Gasteiger partial charge on any atom is 0.279 e. The number of amides is 2. The minimum Gasteiger partial charge on any atom is -0.508 e. The summed E-state index contributed by atoms with van der Waals surface area (Å²) in [7, 11) is 0. The van der Waals surface area contributed by atoms with E-state index < -0.39 is 0 Å². The van der Waals surface area contributed by atoms with Crippen LogP contribution in [0.4, 0.5) is 5.95 Å². The molecule has 1 atom stereocenters. The van der Waals surface area contributed by atoms with Gasteiger partial charge in [-0.3, -0.25) is 14.5 Å². The van der Waals surface area contributed by atoms with Crippen LogP contribution in [0.15, 0.2) is 24.3 Å². The molecular weight excluding hydrogens is 432 g/mol. The fourth-order valence-corrected chi connectivity index (χ4v) is 5.18. The lowest BCUT2D eigenvalue weighted by molar-refractivity contribution is -0.133. The molecule has 4 rings (SSSR count). The molecule has 1 aliphatic carbocycles. The SMILES string of the molecule is CCN1C(=O)c2c(nc(NC3CCCCC3)n2Cc2ccc(O)cc2)CCC(CCCO)C1=O. The number of phenols is 1. The number of carbonyl (C=O) groups is 2. The highest BCUT2D eigenvalue weighted by molar-refractivity contribution is 6.05. The highest BCUT2D eigenvalue weighted by Crippen LogP contribution is 2.30. The zero-order valence-corrected chi connectivity index (χ0v) is 20.0. The number of aryl methyl sites for hydroxylation is 1. The predicted octanol–water partition coefficient (Wildman–Crippen LogP) is 3.71. The van der Waals surface area contributed by atoms with E-state index in [0.717, 1.165) is 24.1 Å². The van der Waals surface area contributed by atoms with Crippen molar-refractivity contribution in [2.24, 2.45) is 5.92 Å². The Bertz CT molecular complexity index is 995. The van der Waals surface area contributed by atoms with E-state index >= 15 is 0 Å². The van der Waals surface area contributed by atoms with Crippen LogP contribution in [0.1, 0.15) is 80.0 Å². The molecule has 0 spiro atoms. The summed E-state index contributed by atoms with van der Waals surface area (Å²) in [6, 6.07) is 7.27. The fraction of sp³-hybridized carbons (Fsp3) is 0.577. The summed E-state index contributed by atoms with van der Waals surface area (Å²) < 4.78 is 1.92. The number of nitrogens with zero attached hydrogens (tertiary/aromatic N) is 3. The standard InChI is InChI=1S/C26H36N4O4/c1-2-29-24(33)19(7-6-16-31)12-15-22-23(25(29)34)30(17-18-10-13-21(32)14-11-18)26(28-22)27-20-8-4-3-5-9-20/h10-11,13-14,19-20,31-32H,2-9,12,15-17H2,1H3,(H,27,28). The number of hydrogen-bond acceptors (Lipinski definition) is 6. The first-order valence-electron chi connectivity index (χ1n) is 12.6. The minimum absolute atomic E-state index is 0.0335. The Morgan fingerprint density at radius 2 is 1.82 bits per heavy atom. The number of carbonyl (C=O) groups excluding carboxylic acids is 2. The van der Waals surface area contributed by atoms with E-state index in [2.05, 4.69) is 5.32 Å². The molecule has 1 aromatic heterocycles. The molecule has 0 radical (unpaired) electrons. The molecule has 184 valence electrons. The maximum absolute atomic E-state index is 13.7. The maximum atomic E-state index is 13.7. The lowest BCUT2D eigenvalue weighted by Crippen LogP contribution is -2.43. The summed E-state index contributed by atoms with van der Waals surface area (Å²) in [5.74, 6) is 0.111. The molecule has 2 aromatic rings. The summed E-state index contributed by atoms with van der Waals surface area (Å²) in [6.45, 7) is 2.57. The molecule has 1 fully saturated rings. The number of aliphatic hydroxyl groups is 1. The molecule has 1 aromatic carbocycles. The predicted molar refractivity (Wildman–Crippen MR) is 130 cm³/mol. The van der Waals surface area contributed by atoms with Crippen molar-refractivity contribution in [3.8, 4) is 5.75 Å². The van der Waals surface area contributed by atoms with Crippen LogP contribution in [0.3, 0.4) is 0 Å². The van der Waals surface area contributed by atoms with Crippen molar-refractivity contribution in [3.05, 3.63) is 41.2 Å². The van der Waals surface area contributed by atoms with Gasteiger partial charge in [-0.15, -0.1) is 0 Å². The highest BCUT2D eigenvalue weighted by atomic mass is 16.3. The van der Waals surface area contributed by atoms with Gasteiger partial charge in [0.25, 0.3) is 5.91 Å². The van der Waals surface area contributed by atoms with Gasteiger partial charge >= 0.3 is 0 Å². The number of benzene rings is 1. The second-order valence-electron chi connectivity index (χ2n) is 9.45. The summed E-state index contributed by atoms with van der Waals surface area (Å²) in [4.78, 5) is 33.2. The number of imidazole rings is 1. The van der Waals surface area contributed by atoms with Crippen molar-refractivity contribution in [2.45, 2.75) is 77.3 Å². The monoisotopic (exact) mass is 468 g/mol. The smallest absolute Gasteiger partial charge is 0.279 e. The molecule has 2 heterocycles. The number of aromatic hydroxyl groups is 1. The van der Waals surface area contributed by atoms with Crippen LogP contribution in [0.25, 0.3) is 0 Å². The number of fused-ring (bicyclic) bond motifs is 1. The van der Waals surface area contributed by atoms with Gasteiger partial charge in [-0.05, 0) is 63.1 Å². The normalized spacial score (nSPS) is 19.6. The third kappa shape index (κ3) is 5.27. The molecule has 1 unspecified atom stereocenters. The number of hydrogen-bond donors (Lipinski definition) is 3. The average molecular weight is 469 g/mol. The van der Waals surface area contributed by atoms with Gasteiger partial charge < -0.3 is 20.1 Å². The van der Waals surface area contributed by atoms with Crippen LogP contribution in [0.2, 0.25) is 0 Å². The number of aromatic nitrogens is 2. The first kappa shape index (κ1) is 24.3. The highest BCUT2D eigenvalue weighted by Gasteiger charge is 2.36. The zero-order chi connectivity index (χ0) is 24.1. The number of imide groups is 1. The van der Waals surface area contributed by atoms with Gasteiger partial charge in [-0.25, -0.2) is 4.98 Å². The molecular formula is C26H36N4O4. The molecule has 0 bridgehead atoms. The van der Waals surface area contributed by atoms with Gasteiger partial charge in [0.2, 0.25) is 11.9 Å². The molecule has 3 N–H and O–H groups in total. The summed E-state index contributed by atoms with van der Waals surface area (Å²) in [5.41, 5.74) is 2.14. The van der Waals surface area contributed by atoms with Crippen molar-refractivity contribution in [2.75, 3.05) is 18.5 Å². The first-order chi connectivity index (χ1) is 16.5. The summed E-state index contributed by atoms with van der Waals surface area (Å²) in [6.07, 6.45) is 8.02. The van der Waals surface area contributed by atoms with E-state index in [1.54, 1.807) is 12.1 Å². The largest absolute Gasteiger partial charge is 0.508 e. The van der Waals surface area contributed by atoms with Crippen LogP contribution in [-0.2, 0) is 17.8 Å². The lowest BCUT2D eigenvalue weighted by Gasteiger charge is -2.28. The van der Waals surface area contributed by atoms with Gasteiger partial charge in [0, 0.05) is 25.1 Å². The molecule has 0 saturated heterocycles. The average Bonchev–Trinajstić information content (AvgIpc) is 3.17. The third-order valence-corrected chi connectivity index (χ3v) is 7.07. The number of nitrogens with one attached hydrogen (secondary N) is 1. The number of anilines is 1. The fourth-order valence-electron chi connectivity index (χ4n) is 5.18. The Kier molecular flexibility index (Phi) is 7.88. The zero-order valence-electron chi connectivity index (χ0n) is 20.0. The van der Waals surface area contributed by atoms with Crippen LogP contribution < -0.4 is 5.32 Å². The van der Waals surface area contributed by atoms with Gasteiger partial charge in [0.15, 0.2) is 0 Å². The summed E-state index contributed by atoms with van der Waals surface area (Å²) >= 11 is 0. The van der Waals surface area contributed by atoms with E-state index in [1.165, 1.54) is 24.2 Å². The lowest BCUT2D eigenvalue weighted by atomic mass is 9.93. The molecule has 34 heavy (non-hydrogen) atoms. The first-order valence-corrected chi connectivity index (χ1v) is 12.6. The quantitative estimate of drug-likeness (QED) is 0.510. The third-order valence-electron chi connectivity index (χ3n) is 7.07. The topological polar surface area (TPSA) is 108 Å². The van der Waals surface area contributed by atoms with E-state index in [4.69, 9.17) is 4.98 Å². The van der Waals surface area contributed by atoms with Crippen molar-refractivity contribution in [3.63, 3.8) is 0 Å². The van der Waals surface area contributed by atoms with Crippen molar-refractivity contribution in [1.82, 2.24) is 14.5 Å². The van der Waals surface area contributed by atoms with Crippen LogP contribution in [0, 0.1) is 5.92 Å². The minimum atomic E-state index is -0.306. The van der Waals surface area contributed by atoms with Gasteiger partial charge in [0.1, 0.15) is 11.4 Å². The molecule has 2 amide bonds. The van der Waals surface area contributed by atoms with Crippen molar-refractivity contribution >= 4 is 17.8 Å². The molecule has 1 aliphatic heterocycles. The number of phenolic OH excluding ortho intramolecular Hbond substituents is 1. The Labute approximate surface area is 201 Å². The number of rotatable bonds is 8. The second kappa shape index (κ2) is 11.0. The second-order valence-corrected chi connectivity index (χ2v) is 9.45. The Morgan fingerprint density at radius 3 is 2.50 bits per heavy atom. The van der Waals surface area contributed by atoms with E-state index in [9.17, 15) is 19.8 Å². The van der Waals surface area contributed by atoms with E-state index in [0.29, 0.717) is 56.5 Å². The van der Waals surface area contributed by atoms with E-state index in [-0.39, 0.29) is 30.1 Å². The van der Waals surface area contributed by atoms with Gasteiger partial charge in [0.05, 0.1) is 12.2 Å². The molecule has 2 aliphatic rings. The molecule has 1 saturated carbocycles. The Hall–Kier alpha value is -2.87. The Morgan fingerprint density at radius 1 is 1.09 bits per heavy atom. The number of aliphatic hydroxyl groups excluding tert-OH is 1. The molecule has 8 heteroatoms. The molecule has 8 nitrogen and oxygen atoms in total. The Balaban J connectivity index is 1.73. The van der Waals surface area contributed by atoms with Crippen LogP contribution in [0.5, 0.6) is 5.75 Å². The van der Waals surface area contributed by atoms with Crippen LogP contribution >= 0.6 is 0 Å². The van der Waals surface area contributed by atoms with Crippen molar-refractivity contribution in [1.29, 1.82) is 0 Å².